The van der Waals surface area contributed by atoms with Crippen LogP contribution in [0.3, 0.4) is 0 Å². The van der Waals surface area contributed by atoms with Gasteiger partial charge in [-0.25, -0.2) is 0 Å². The van der Waals surface area contributed by atoms with Crippen LogP contribution >= 0.6 is 35.0 Å². The van der Waals surface area contributed by atoms with Gasteiger partial charge in [-0.05, 0) is 19.1 Å². The SMILES string of the molecule is C/C(=N/OCCSC(=N)N)c1ccc(Cl)c(Cl)c1. The van der Waals surface area contributed by atoms with Gasteiger partial charge in [0.2, 0.25) is 0 Å². The number of amidine groups is 1. The van der Waals surface area contributed by atoms with Gasteiger partial charge in [0.1, 0.15) is 6.61 Å². The van der Waals surface area contributed by atoms with E-state index < -0.39 is 0 Å². The number of nitrogens with one attached hydrogen (secondary N) is 1. The predicted molar refractivity (Wildman–Crippen MR) is 79.0 cm³/mol. The quantitative estimate of drug-likeness (QED) is 0.379. The largest absolute Gasteiger partial charge is 0.395 e. The first-order chi connectivity index (χ1) is 8.50. The first-order valence-electron chi connectivity index (χ1n) is 5.09. The van der Waals surface area contributed by atoms with Crippen LogP contribution in [0.25, 0.3) is 0 Å². The smallest absolute Gasteiger partial charge is 0.151 e. The molecule has 0 amide bonds. The van der Waals surface area contributed by atoms with Crippen LogP contribution in [0, 0.1) is 5.41 Å². The zero-order valence-electron chi connectivity index (χ0n) is 9.74. The molecule has 3 N–H and O–H groups in total. The third kappa shape index (κ3) is 5.16. The van der Waals surface area contributed by atoms with Crippen molar-refractivity contribution in [3.8, 4) is 0 Å². The highest BCUT2D eigenvalue weighted by Crippen LogP contribution is 2.22. The molecule has 0 heterocycles. The molecule has 0 spiro atoms. The molecule has 18 heavy (non-hydrogen) atoms. The van der Waals surface area contributed by atoms with Crippen LogP contribution in [0.1, 0.15) is 12.5 Å². The van der Waals surface area contributed by atoms with Gasteiger partial charge in [-0.3, -0.25) is 5.41 Å². The van der Waals surface area contributed by atoms with Crippen molar-refractivity contribution in [3.63, 3.8) is 0 Å². The van der Waals surface area contributed by atoms with E-state index in [4.69, 9.17) is 39.2 Å². The lowest BCUT2D eigenvalue weighted by molar-refractivity contribution is 0.161. The summed E-state index contributed by atoms with van der Waals surface area (Å²) in [6.07, 6.45) is 0. The fourth-order valence-corrected chi connectivity index (χ4v) is 1.78. The maximum atomic E-state index is 7.01. The summed E-state index contributed by atoms with van der Waals surface area (Å²) < 4.78 is 0. The highest BCUT2D eigenvalue weighted by Gasteiger charge is 2.02. The Labute approximate surface area is 120 Å². The number of rotatable bonds is 5. The van der Waals surface area contributed by atoms with Crippen molar-refractivity contribution in [2.24, 2.45) is 10.9 Å². The topological polar surface area (TPSA) is 71.5 Å². The summed E-state index contributed by atoms with van der Waals surface area (Å²) in [5.41, 5.74) is 6.74. The van der Waals surface area contributed by atoms with Gasteiger partial charge in [-0.1, -0.05) is 46.2 Å². The van der Waals surface area contributed by atoms with Crippen molar-refractivity contribution in [1.82, 2.24) is 0 Å². The van der Waals surface area contributed by atoms with E-state index in [2.05, 4.69) is 5.16 Å². The number of oxime groups is 1. The van der Waals surface area contributed by atoms with E-state index in [1.807, 2.05) is 13.0 Å². The highest BCUT2D eigenvalue weighted by molar-refractivity contribution is 8.13. The van der Waals surface area contributed by atoms with Crippen molar-refractivity contribution in [3.05, 3.63) is 33.8 Å². The van der Waals surface area contributed by atoms with Crippen LogP contribution in [0.2, 0.25) is 10.0 Å². The van der Waals surface area contributed by atoms with E-state index in [0.29, 0.717) is 28.1 Å². The Bertz CT molecular complexity index is 466. The zero-order chi connectivity index (χ0) is 13.5. The molecule has 0 bridgehead atoms. The summed E-state index contributed by atoms with van der Waals surface area (Å²) in [6, 6.07) is 5.26. The number of nitrogens with zero attached hydrogens (tertiary/aromatic N) is 1. The van der Waals surface area contributed by atoms with Crippen LogP contribution < -0.4 is 5.73 Å². The molecule has 7 heteroatoms. The van der Waals surface area contributed by atoms with E-state index >= 15 is 0 Å². The average Bonchev–Trinajstić information content (AvgIpc) is 2.31. The lowest BCUT2D eigenvalue weighted by atomic mass is 10.1. The molecule has 0 aromatic heterocycles. The molecule has 0 saturated heterocycles. The molecule has 0 fully saturated rings. The third-order valence-corrected chi connectivity index (χ3v) is 3.39. The second-order valence-electron chi connectivity index (χ2n) is 3.35. The number of hydrogen-bond acceptors (Lipinski definition) is 4. The Morgan fingerprint density at radius 1 is 1.44 bits per heavy atom. The summed E-state index contributed by atoms with van der Waals surface area (Å²) in [5, 5.41) is 12.0. The summed E-state index contributed by atoms with van der Waals surface area (Å²) >= 11 is 12.9. The first-order valence-corrected chi connectivity index (χ1v) is 6.83. The first kappa shape index (κ1) is 15.1. The molecule has 0 aliphatic heterocycles. The Hall–Kier alpha value is -0.910. The van der Waals surface area contributed by atoms with Gasteiger partial charge in [-0.2, -0.15) is 0 Å². The minimum absolute atomic E-state index is 0.0729. The minimum atomic E-state index is 0.0729. The van der Waals surface area contributed by atoms with Gasteiger partial charge in [-0.15, -0.1) is 0 Å². The lowest BCUT2D eigenvalue weighted by Crippen LogP contribution is -2.06. The fourth-order valence-electron chi connectivity index (χ4n) is 1.11. The monoisotopic (exact) mass is 305 g/mol. The lowest BCUT2D eigenvalue weighted by Gasteiger charge is -2.03. The molecule has 1 aromatic carbocycles. The maximum Gasteiger partial charge on any atom is 0.151 e. The Morgan fingerprint density at radius 2 is 2.17 bits per heavy atom. The van der Waals surface area contributed by atoms with Crippen molar-refractivity contribution in [2.75, 3.05) is 12.4 Å². The number of nitrogens with two attached hydrogens (primary N) is 1. The molecule has 0 aliphatic carbocycles. The van der Waals surface area contributed by atoms with Crippen LogP contribution in [-0.4, -0.2) is 23.2 Å². The van der Waals surface area contributed by atoms with Crippen LogP contribution in [0.5, 0.6) is 0 Å². The normalized spacial score (nSPS) is 11.4. The Morgan fingerprint density at radius 3 is 2.78 bits per heavy atom. The summed E-state index contributed by atoms with van der Waals surface area (Å²) in [5.74, 6) is 0.591. The van der Waals surface area contributed by atoms with Crippen molar-refractivity contribution in [2.45, 2.75) is 6.92 Å². The standard InChI is InChI=1S/C11H13Cl2N3OS/c1-7(16-17-4-5-18-11(14)15)8-2-3-9(12)10(13)6-8/h2-3,6H,4-5H2,1H3,(H3,14,15)/b16-7-. The van der Waals surface area contributed by atoms with Crippen molar-refractivity contribution >= 4 is 45.8 Å². The second-order valence-corrected chi connectivity index (χ2v) is 5.30. The molecule has 0 unspecified atom stereocenters. The predicted octanol–water partition coefficient (Wildman–Crippen LogP) is 3.36. The van der Waals surface area contributed by atoms with Gasteiger partial charge in [0, 0.05) is 11.3 Å². The van der Waals surface area contributed by atoms with E-state index in [1.54, 1.807) is 12.1 Å². The molecule has 98 valence electrons. The summed E-state index contributed by atoms with van der Waals surface area (Å²) in [4.78, 5) is 5.11. The highest BCUT2D eigenvalue weighted by atomic mass is 35.5. The van der Waals surface area contributed by atoms with Crippen LogP contribution in [0.15, 0.2) is 23.4 Å². The van der Waals surface area contributed by atoms with Crippen LogP contribution in [0.4, 0.5) is 0 Å². The molecule has 0 radical (unpaired) electrons. The zero-order valence-corrected chi connectivity index (χ0v) is 12.1. The minimum Gasteiger partial charge on any atom is -0.395 e. The summed E-state index contributed by atoms with van der Waals surface area (Å²) in [7, 11) is 0. The fraction of sp³-hybridized carbons (Fsp3) is 0.273. The Kier molecular flexibility index (Phi) is 6.32. The van der Waals surface area contributed by atoms with Crippen LogP contribution in [-0.2, 0) is 4.84 Å². The molecule has 1 aromatic rings. The summed E-state index contributed by atoms with van der Waals surface area (Å²) in [6.45, 7) is 2.21. The van der Waals surface area contributed by atoms with Gasteiger partial charge in [0.25, 0.3) is 0 Å². The molecular weight excluding hydrogens is 293 g/mol. The number of hydrogen-bond donors (Lipinski definition) is 2. The molecule has 0 aliphatic rings. The third-order valence-electron chi connectivity index (χ3n) is 1.97. The second kappa shape index (κ2) is 7.51. The van der Waals surface area contributed by atoms with Crippen molar-refractivity contribution in [1.29, 1.82) is 5.41 Å². The maximum absolute atomic E-state index is 7.01. The number of benzene rings is 1. The van der Waals surface area contributed by atoms with Crippen molar-refractivity contribution < 1.29 is 4.84 Å². The molecule has 4 nitrogen and oxygen atoms in total. The van der Waals surface area contributed by atoms with Gasteiger partial charge in [0.05, 0.1) is 15.8 Å². The molecule has 1 rings (SSSR count). The van der Waals surface area contributed by atoms with E-state index in [9.17, 15) is 0 Å². The molecule has 0 saturated carbocycles. The molecule has 0 atom stereocenters. The van der Waals surface area contributed by atoms with Gasteiger partial charge < -0.3 is 10.6 Å². The van der Waals surface area contributed by atoms with E-state index in [1.165, 1.54) is 11.8 Å². The van der Waals surface area contributed by atoms with Gasteiger partial charge in [0.15, 0.2) is 5.17 Å². The number of thioether (sulfide) groups is 1. The molecular formula is C11H13Cl2N3OS. The Balaban J connectivity index is 2.50. The average molecular weight is 306 g/mol. The van der Waals surface area contributed by atoms with Gasteiger partial charge >= 0.3 is 0 Å². The van der Waals surface area contributed by atoms with E-state index in [0.717, 1.165) is 5.56 Å². The van der Waals surface area contributed by atoms with E-state index in [-0.39, 0.29) is 5.17 Å². The number of halogens is 2.